The van der Waals surface area contributed by atoms with Gasteiger partial charge in [-0.3, -0.25) is 48.5 Å². The molecular formula is C110H108F8N16O9S. The fourth-order valence-corrected chi connectivity index (χ4v) is 19.8. The highest BCUT2D eigenvalue weighted by Gasteiger charge is 2.42. The molecular weight excluding hydrogens is 1870 g/mol. The van der Waals surface area contributed by atoms with Gasteiger partial charge in [0, 0.05) is 131 Å². The molecule has 0 spiro atoms. The van der Waals surface area contributed by atoms with Crippen molar-refractivity contribution in [2.24, 2.45) is 34.6 Å². The first-order valence-electron chi connectivity index (χ1n) is 47.3. The molecule has 15 aromatic rings. The molecule has 10 heterocycles. The van der Waals surface area contributed by atoms with Crippen LogP contribution in [0.4, 0.5) is 35.1 Å². The number of nitrogens with zero attached hydrogens (tertiary/aromatic N) is 11. The molecule has 0 bridgehead atoms. The third kappa shape index (κ3) is 26.2. The predicted octanol–water partition coefficient (Wildman–Crippen LogP) is 16.9. The van der Waals surface area contributed by atoms with Crippen LogP contribution in [0.2, 0.25) is 0 Å². The predicted molar refractivity (Wildman–Crippen MR) is 540 cm³/mol. The lowest BCUT2D eigenvalue weighted by Gasteiger charge is -2.33. The van der Waals surface area contributed by atoms with Gasteiger partial charge in [-0.25, -0.2) is 55.3 Å². The van der Waals surface area contributed by atoms with Crippen molar-refractivity contribution in [3.8, 4) is 55.6 Å². The van der Waals surface area contributed by atoms with Gasteiger partial charge in [-0.1, -0.05) is 121 Å². The minimum Gasteiger partial charge on any atom is -0.379 e. The first-order valence-corrected chi connectivity index (χ1v) is 49.1. The second kappa shape index (κ2) is 45.5. The van der Waals surface area contributed by atoms with Crippen LogP contribution in [0.15, 0.2) is 243 Å². The van der Waals surface area contributed by atoms with E-state index in [-0.39, 0.29) is 88.1 Å². The van der Waals surface area contributed by atoms with Crippen molar-refractivity contribution in [3.05, 3.63) is 328 Å². The van der Waals surface area contributed by atoms with Crippen LogP contribution >= 0.6 is 0 Å². The number of hydrogen-bond acceptors (Lipinski definition) is 20. The molecule has 0 aliphatic carbocycles. The number of likely N-dealkylation sites (tertiary alicyclic amines) is 1. The quantitative estimate of drug-likeness (QED) is 0.0442. The molecule has 20 rings (SSSR count). The number of rotatable bonds is 20. The summed E-state index contributed by atoms with van der Waals surface area (Å²) in [6.45, 7) is 18.2. The molecule has 5 fully saturated rings. The second-order valence-corrected chi connectivity index (χ2v) is 39.1. The lowest BCUT2D eigenvalue weighted by atomic mass is 9.96. The number of fused-ring (bicyclic) bond motifs is 5. The molecule has 3 atom stereocenters. The number of piperidine rings is 1. The third-order valence-electron chi connectivity index (χ3n) is 26.3. The van der Waals surface area contributed by atoms with Crippen molar-refractivity contribution in [1.82, 2.24) is 54.3 Å². The molecule has 25 nitrogen and oxygen atoms in total. The molecule has 144 heavy (non-hydrogen) atoms. The fourth-order valence-electron chi connectivity index (χ4n) is 18.5. The Morgan fingerprint density at radius 2 is 0.646 bits per heavy atom. The standard InChI is InChI=1S/C23H21F4N3O.C22H23FN4O.2C22H22FN3O2.C21H20FN3O3S/c24-17-6-4-15(5-7-17)19-11-21(22(28)31)29-20-10-14(3-8-18(19)20)12-30-9-1-2-16(13-30)23(25,26)27;1-26-8-10-27(11-9-26)14-15-2-7-18-19(16-3-5-17(23)6-4-16)13-21(22(24)28)25-20(18)12-15;1-14-13-28-9-8-26(14)12-15-2-7-18-19(16-3-5-17(23)6-4-16)11-21(22(24)27)25-20(18)10-15;1-14-12-26(8-9-28-14)13-15-2-7-18-19(16-3-5-17(23)6-4-16)11-21(22(24)27)25-20(18)10-15;22-16-4-2-15(3-5-16)18-12-20(21(23)26)24-19-11-14(1-6-17(18)19)13-25-7-9-29(27,28)10-8-25/h3-8,10-11,16H,1-2,9,12-13H2,(H2,28,31);2-7,12-13H,8-11,14H2,1H3,(H2,24,28);2*2-7,10-11,14H,8-9,12-13H2,1H3,(H2,24,27);1-6,11-12H,7-10,13H2,(H2,23,26)/t;;2*14-;/m..00./s1. The fraction of sp³-hybridized carbons (Fsp3) is 0.273. The number of alkyl halides is 3. The molecule has 5 aromatic heterocycles. The zero-order valence-corrected chi connectivity index (χ0v) is 80.3. The van der Waals surface area contributed by atoms with E-state index < -0.39 is 51.5 Å². The number of sulfone groups is 1. The smallest absolute Gasteiger partial charge is 0.379 e. The van der Waals surface area contributed by atoms with Crippen LogP contribution in [0.5, 0.6) is 0 Å². The van der Waals surface area contributed by atoms with Gasteiger partial charge < -0.3 is 43.0 Å². The Morgan fingerprint density at radius 1 is 0.354 bits per heavy atom. The number of aromatic nitrogens is 5. The van der Waals surface area contributed by atoms with E-state index in [1.165, 1.54) is 60.7 Å². The number of piperazine rings is 1. The number of ether oxygens (including phenoxy) is 2. The molecule has 744 valence electrons. The number of likely N-dealkylation sites (N-methyl/N-ethyl adjacent to an activating group) is 1. The summed E-state index contributed by atoms with van der Waals surface area (Å²) < 4.78 is 140. The van der Waals surface area contributed by atoms with Gasteiger partial charge in [0.05, 0.1) is 70.9 Å². The average molecular weight is 1980 g/mol. The van der Waals surface area contributed by atoms with Gasteiger partial charge in [-0.15, -0.1) is 0 Å². The van der Waals surface area contributed by atoms with Gasteiger partial charge in [0.2, 0.25) is 0 Å². The van der Waals surface area contributed by atoms with Crippen LogP contribution in [0.3, 0.4) is 0 Å². The van der Waals surface area contributed by atoms with Gasteiger partial charge in [0.25, 0.3) is 29.5 Å². The van der Waals surface area contributed by atoms with E-state index >= 15 is 0 Å². The van der Waals surface area contributed by atoms with E-state index in [9.17, 15) is 67.5 Å². The highest BCUT2D eigenvalue weighted by molar-refractivity contribution is 7.91. The van der Waals surface area contributed by atoms with E-state index in [1.54, 1.807) is 102 Å². The maximum Gasteiger partial charge on any atom is 0.393 e. The number of benzene rings is 10. The number of nitrogens with two attached hydrogens (primary N) is 5. The Labute approximate surface area is 826 Å². The van der Waals surface area contributed by atoms with Crippen molar-refractivity contribution in [3.63, 3.8) is 0 Å². The summed E-state index contributed by atoms with van der Waals surface area (Å²) in [5.74, 6) is -5.69. The lowest BCUT2D eigenvalue weighted by molar-refractivity contribution is -0.187. The molecule has 1 unspecified atom stereocenters. The van der Waals surface area contributed by atoms with E-state index in [4.69, 9.17) is 38.1 Å². The van der Waals surface area contributed by atoms with E-state index in [0.29, 0.717) is 78.4 Å². The van der Waals surface area contributed by atoms with Crippen molar-refractivity contribution >= 4 is 93.9 Å². The van der Waals surface area contributed by atoms with Crippen LogP contribution in [-0.2, 0) is 52.0 Å². The minimum absolute atomic E-state index is 0.0306. The maximum atomic E-state index is 13.3. The number of amides is 5. The molecule has 5 aliphatic heterocycles. The molecule has 5 saturated heterocycles. The minimum atomic E-state index is -4.19. The summed E-state index contributed by atoms with van der Waals surface area (Å²) >= 11 is 0. The monoisotopic (exact) mass is 1980 g/mol. The summed E-state index contributed by atoms with van der Waals surface area (Å²) in [6, 6.07) is 68.5. The molecule has 10 N–H and O–H groups in total. The lowest BCUT2D eigenvalue weighted by Crippen LogP contribution is -2.43. The van der Waals surface area contributed by atoms with Gasteiger partial charge in [-0.2, -0.15) is 13.2 Å². The zero-order valence-electron chi connectivity index (χ0n) is 79.5. The SMILES string of the molecule is CN1CCN(Cc2ccc3c(-c4ccc(F)cc4)cc(C(N)=O)nc3c2)CC1.C[C@H]1CN(Cc2ccc3c(-c4ccc(F)cc4)cc(C(N)=O)nc3c2)CCO1.C[C@H]1COCCN1Cc1ccc2c(-c3ccc(F)cc3)cc(C(N)=O)nc2c1.NC(=O)c1cc(-c2ccc(F)cc2)c2ccc(CN3CCCC(C(F)(F)F)C3)cc2n1.NC(=O)c1cc(-c2ccc(F)cc2)c2ccc(CN3CCS(=O)(=O)CC3)cc2n1. The van der Waals surface area contributed by atoms with E-state index in [0.717, 1.165) is 190 Å². The third-order valence-corrected chi connectivity index (χ3v) is 27.9. The number of carbonyl (C=O) groups excluding carboxylic acids is 5. The molecule has 5 aliphatic rings. The largest absolute Gasteiger partial charge is 0.393 e. The average Bonchev–Trinajstić information content (AvgIpc) is 0.784. The van der Waals surface area contributed by atoms with Crippen molar-refractivity contribution in [1.29, 1.82) is 0 Å². The summed E-state index contributed by atoms with van der Waals surface area (Å²) in [5.41, 5.74) is 44.4. The summed E-state index contributed by atoms with van der Waals surface area (Å²) in [4.78, 5) is 94.4. The number of morpholine rings is 2. The van der Waals surface area contributed by atoms with Gasteiger partial charge in [0.1, 0.15) is 57.6 Å². The van der Waals surface area contributed by atoms with Crippen LogP contribution in [0.25, 0.3) is 110 Å². The topological polar surface area (TPSA) is 352 Å². The van der Waals surface area contributed by atoms with Crippen molar-refractivity contribution < 1.29 is 77.0 Å². The Balaban J connectivity index is 0.000000129. The highest BCUT2D eigenvalue weighted by atomic mass is 32.2. The van der Waals surface area contributed by atoms with Gasteiger partial charge in [-0.05, 0) is 245 Å². The number of carbonyl (C=O) groups is 5. The number of primary amides is 5. The van der Waals surface area contributed by atoms with Gasteiger partial charge in [0.15, 0.2) is 9.84 Å². The number of pyridine rings is 5. The summed E-state index contributed by atoms with van der Waals surface area (Å²) in [5, 5.41) is 4.28. The van der Waals surface area contributed by atoms with Gasteiger partial charge >= 0.3 is 6.18 Å². The first-order chi connectivity index (χ1) is 69.0. The summed E-state index contributed by atoms with van der Waals surface area (Å²) in [7, 11) is -0.791. The normalized spacial score (nSPS) is 17.1. The number of hydrogen-bond donors (Lipinski definition) is 5. The Bertz CT molecular complexity index is 7370. The zero-order chi connectivity index (χ0) is 102. The molecule has 5 amide bonds. The summed E-state index contributed by atoms with van der Waals surface area (Å²) in [6.07, 6.45) is -3.32. The molecule has 34 heteroatoms. The van der Waals surface area contributed by atoms with Crippen LogP contribution in [-0.4, -0.2) is 221 Å². The van der Waals surface area contributed by atoms with Crippen molar-refractivity contribution in [2.75, 3.05) is 110 Å². The Morgan fingerprint density at radius 3 is 0.938 bits per heavy atom. The van der Waals surface area contributed by atoms with Crippen LogP contribution < -0.4 is 28.7 Å². The highest BCUT2D eigenvalue weighted by Crippen LogP contribution is 2.39. The van der Waals surface area contributed by atoms with Crippen molar-refractivity contribution in [2.45, 2.75) is 77.7 Å². The van der Waals surface area contributed by atoms with E-state index in [2.05, 4.69) is 88.5 Å². The number of halogens is 8. The second-order valence-electron chi connectivity index (χ2n) is 36.8. The Hall–Kier alpha value is -14.3. The molecule has 0 saturated carbocycles. The maximum absolute atomic E-state index is 13.3. The molecule has 10 aromatic carbocycles. The van der Waals surface area contributed by atoms with Crippen LogP contribution in [0.1, 0.15) is 107 Å². The Kier molecular flexibility index (Phi) is 32.4. The van der Waals surface area contributed by atoms with E-state index in [1.807, 2.05) is 66.7 Å². The molecule has 0 radical (unpaired) electrons. The first kappa shape index (κ1) is 103. The van der Waals surface area contributed by atoms with Crippen LogP contribution in [0, 0.1) is 35.0 Å².